The second-order valence-electron chi connectivity index (χ2n) is 6.16. The molecule has 0 spiro atoms. The minimum Gasteiger partial charge on any atom is -0.289 e. The molecule has 134 valence electrons. The number of amidine groups is 1. The fraction of sp³-hybridized carbons (Fsp3) is 0.0952. The Morgan fingerprint density at radius 3 is 2.56 bits per heavy atom. The van der Waals surface area contributed by atoms with Crippen LogP contribution in [0, 0.1) is 6.92 Å². The third-order valence-corrected chi connectivity index (χ3v) is 5.93. The molecule has 3 aromatic rings. The van der Waals surface area contributed by atoms with Gasteiger partial charge in [0, 0.05) is 18.0 Å². The van der Waals surface area contributed by atoms with E-state index in [2.05, 4.69) is 9.98 Å². The molecule has 2 aromatic carbocycles. The van der Waals surface area contributed by atoms with E-state index in [-0.39, 0.29) is 5.91 Å². The summed E-state index contributed by atoms with van der Waals surface area (Å²) in [5.74, 6) is -0.0424. The minimum absolute atomic E-state index is 0.0424. The molecule has 27 heavy (non-hydrogen) atoms. The van der Waals surface area contributed by atoms with Crippen molar-refractivity contribution in [2.24, 2.45) is 4.99 Å². The van der Waals surface area contributed by atoms with E-state index in [1.165, 1.54) is 28.7 Å². The smallest absolute Gasteiger partial charge is 0.266 e. The highest BCUT2D eigenvalue weighted by atomic mass is 32.2. The topological polar surface area (TPSA) is 45.6 Å². The number of nitrogens with zero attached hydrogens (tertiary/aromatic N) is 3. The van der Waals surface area contributed by atoms with Crippen molar-refractivity contribution in [3.8, 4) is 11.3 Å². The Morgan fingerprint density at radius 2 is 1.81 bits per heavy atom. The molecule has 1 aromatic heterocycles. The van der Waals surface area contributed by atoms with Gasteiger partial charge in [0.25, 0.3) is 5.91 Å². The van der Waals surface area contributed by atoms with Crippen molar-refractivity contribution in [1.82, 2.24) is 9.88 Å². The van der Waals surface area contributed by atoms with E-state index in [1.807, 2.05) is 73.0 Å². The predicted octanol–water partition coefficient (Wildman–Crippen LogP) is 5.35. The lowest BCUT2D eigenvalue weighted by Gasteiger charge is -2.05. The quantitative estimate of drug-likeness (QED) is 0.565. The molecule has 1 saturated heterocycles. The van der Waals surface area contributed by atoms with E-state index in [1.54, 1.807) is 11.9 Å². The van der Waals surface area contributed by atoms with Crippen LogP contribution in [-0.2, 0) is 4.79 Å². The van der Waals surface area contributed by atoms with E-state index in [0.717, 1.165) is 16.8 Å². The van der Waals surface area contributed by atoms with Gasteiger partial charge in [0.05, 0.1) is 10.6 Å². The molecular formula is C21H17N3OS2. The first-order chi connectivity index (χ1) is 13.1. The van der Waals surface area contributed by atoms with Gasteiger partial charge in [-0.05, 0) is 30.3 Å². The number of aryl methyl sites for hydroxylation is 1. The third-order valence-electron chi connectivity index (χ3n) is 4.13. The van der Waals surface area contributed by atoms with Crippen molar-refractivity contribution < 1.29 is 4.79 Å². The SMILES string of the molecule is Cc1ccc(/C=C2\S/C(=N/c3nc(-c4ccccc4)cs3)N(C)C2=O)cc1. The Bertz CT molecular complexity index is 1040. The van der Waals surface area contributed by atoms with Gasteiger partial charge in [0.1, 0.15) is 0 Å². The van der Waals surface area contributed by atoms with E-state index < -0.39 is 0 Å². The van der Waals surface area contributed by atoms with Crippen molar-refractivity contribution in [2.45, 2.75) is 6.92 Å². The Hall–Kier alpha value is -2.70. The van der Waals surface area contributed by atoms with Crippen LogP contribution in [0.15, 0.2) is 69.9 Å². The summed E-state index contributed by atoms with van der Waals surface area (Å²) in [5, 5.41) is 3.28. The van der Waals surface area contributed by atoms with Crippen molar-refractivity contribution in [1.29, 1.82) is 0 Å². The second-order valence-corrected chi connectivity index (χ2v) is 8.01. The summed E-state index contributed by atoms with van der Waals surface area (Å²) in [6, 6.07) is 18.1. The van der Waals surface area contributed by atoms with Gasteiger partial charge >= 0.3 is 0 Å². The first-order valence-electron chi connectivity index (χ1n) is 8.44. The molecule has 0 N–H and O–H groups in total. The molecule has 0 bridgehead atoms. The zero-order chi connectivity index (χ0) is 18.8. The Labute approximate surface area is 166 Å². The summed E-state index contributed by atoms with van der Waals surface area (Å²) >= 11 is 2.85. The van der Waals surface area contributed by atoms with Gasteiger partial charge in [-0.15, -0.1) is 11.3 Å². The van der Waals surface area contributed by atoms with Crippen LogP contribution in [0.5, 0.6) is 0 Å². The van der Waals surface area contributed by atoms with Crippen molar-refractivity contribution in [2.75, 3.05) is 7.05 Å². The average molecular weight is 392 g/mol. The highest BCUT2D eigenvalue weighted by molar-refractivity contribution is 8.18. The molecule has 1 amide bonds. The zero-order valence-electron chi connectivity index (χ0n) is 14.9. The maximum atomic E-state index is 12.5. The van der Waals surface area contributed by atoms with Gasteiger partial charge in [-0.3, -0.25) is 9.69 Å². The molecular weight excluding hydrogens is 374 g/mol. The summed E-state index contributed by atoms with van der Waals surface area (Å²) in [5.41, 5.74) is 4.16. The predicted molar refractivity (Wildman–Crippen MR) is 114 cm³/mol. The number of amides is 1. The number of carbonyl (C=O) groups is 1. The minimum atomic E-state index is -0.0424. The van der Waals surface area contributed by atoms with E-state index in [4.69, 9.17) is 0 Å². The fourth-order valence-corrected chi connectivity index (χ4v) is 4.33. The van der Waals surface area contributed by atoms with Crippen LogP contribution in [0.2, 0.25) is 0 Å². The largest absolute Gasteiger partial charge is 0.289 e. The van der Waals surface area contributed by atoms with E-state index in [0.29, 0.717) is 15.2 Å². The number of rotatable bonds is 3. The number of aliphatic imine (C=N–C) groups is 1. The standard InChI is InChI=1S/C21H17N3OS2/c1-14-8-10-15(11-9-14)12-18-19(25)24(2)21(27-18)23-20-22-17(13-26-20)16-6-4-3-5-7-16/h3-13H,1-2H3/b18-12-,23-21+. The molecule has 0 saturated carbocycles. The van der Waals surface area contributed by atoms with Gasteiger partial charge in [-0.25, -0.2) is 4.98 Å². The molecule has 0 atom stereocenters. The number of aromatic nitrogens is 1. The Kier molecular flexibility index (Phi) is 4.92. The average Bonchev–Trinajstić information content (AvgIpc) is 3.26. The first kappa shape index (κ1) is 17.7. The van der Waals surface area contributed by atoms with Crippen LogP contribution in [0.3, 0.4) is 0 Å². The van der Waals surface area contributed by atoms with E-state index >= 15 is 0 Å². The number of hydrogen-bond acceptors (Lipinski definition) is 5. The van der Waals surface area contributed by atoms with Gasteiger partial charge in [-0.2, -0.15) is 4.99 Å². The molecule has 0 radical (unpaired) electrons. The van der Waals surface area contributed by atoms with Crippen LogP contribution in [0.4, 0.5) is 5.13 Å². The van der Waals surface area contributed by atoms with Crippen molar-refractivity contribution >= 4 is 45.4 Å². The third kappa shape index (κ3) is 3.86. The molecule has 4 rings (SSSR count). The van der Waals surface area contributed by atoms with Gasteiger partial charge in [0.15, 0.2) is 5.17 Å². The van der Waals surface area contributed by atoms with Crippen molar-refractivity contribution in [3.63, 3.8) is 0 Å². The van der Waals surface area contributed by atoms with Crippen LogP contribution in [-0.4, -0.2) is 28.0 Å². The summed E-state index contributed by atoms with van der Waals surface area (Å²) in [6.45, 7) is 2.04. The van der Waals surface area contributed by atoms with Crippen molar-refractivity contribution in [3.05, 3.63) is 76.0 Å². The molecule has 1 aliphatic rings. The molecule has 6 heteroatoms. The summed E-state index contributed by atoms with van der Waals surface area (Å²) in [4.78, 5) is 24.0. The van der Waals surface area contributed by atoms with Gasteiger partial charge in [-0.1, -0.05) is 60.2 Å². The lowest BCUT2D eigenvalue weighted by atomic mass is 10.1. The van der Waals surface area contributed by atoms with Crippen LogP contribution >= 0.6 is 23.1 Å². The second kappa shape index (κ2) is 7.50. The van der Waals surface area contributed by atoms with Gasteiger partial charge in [0.2, 0.25) is 5.13 Å². The number of likely N-dealkylation sites (N-methyl/N-ethyl adjacent to an activating group) is 1. The molecule has 0 unspecified atom stereocenters. The Morgan fingerprint density at radius 1 is 1.07 bits per heavy atom. The Balaban J connectivity index is 1.58. The number of benzene rings is 2. The maximum Gasteiger partial charge on any atom is 0.266 e. The molecule has 4 nitrogen and oxygen atoms in total. The van der Waals surface area contributed by atoms with Crippen LogP contribution in [0.25, 0.3) is 17.3 Å². The summed E-state index contributed by atoms with van der Waals surface area (Å²) in [7, 11) is 1.75. The number of carbonyl (C=O) groups excluding carboxylic acids is 1. The van der Waals surface area contributed by atoms with E-state index in [9.17, 15) is 4.79 Å². The van der Waals surface area contributed by atoms with Crippen LogP contribution < -0.4 is 0 Å². The van der Waals surface area contributed by atoms with Crippen LogP contribution in [0.1, 0.15) is 11.1 Å². The lowest BCUT2D eigenvalue weighted by Crippen LogP contribution is -2.23. The summed E-state index contributed by atoms with van der Waals surface area (Å²) < 4.78 is 0. The fourth-order valence-electron chi connectivity index (χ4n) is 2.60. The van der Waals surface area contributed by atoms with Gasteiger partial charge < -0.3 is 0 Å². The molecule has 0 aliphatic carbocycles. The summed E-state index contributed by atoms with van der Waals surface area (Å²) in [6.07, 6.45) is 1.91. The molecule has 1 aliphatic heterocycles. The zero-order valence-corrected chi connectivity index (χ0v) is 16.6. The molecule has 1 fully saturated rings. The normalized spacial score (nSPS) is 17.3. The number of thiazole rings is 1. The highest BCUT2D eigenvalue weighted by Crippen LogP contribution is 2.34. The first-order valence-corrected chi connectivity index (χ1v) is 10.1. The highest BCUT2D eigenvalue weighted by Gasteiger charge is 2.30. The molecule has 2 heterocycles. The lowest BCUT2D eigenvalue weighted by molar-refractivity contribution is -0.121. The number of hydrogen-bond donors (Lipinski definition) is 0. The maximum absolute atomic E-state index is 12.5. The monoisotopic (exact) mass is 391 g/mol. The number of thioether (sulfide) groups is 1.